The standard InChI is InChI=1S/C18H32O5Si/c1-11-8-15(19)21-13-9-12-14(22-16(11)13)10-20-24(23-12,17(2,3)4)18(5,6)7/h11-14,16H,8-10H2,1-7H3/t11-,12+,13-,14+,16-/m0/s1. The molecule has 0 aromatic heterocycles. The topological polar surface area (TPSA) is 54.0 Å². The second kappa shape index (κ2) is 5.79. The Hall–Kier alpha value is -0.433. The van der Waals surface area contributed by atoms with Crippen molar-refractivity contribution in [3.63, 3.8) is 0 Å². The van der Waals surface area contributed by atoms with Crippen molar-refractivity contribution in [3.8, 4) is 0 Å². The Morgan fingerprint density at radius 1 is 1.00 bits per heavy atom. The van der Waals surface area contributed by atoms with Gasteiger partial charge in [-0.1, -0.05) is 48.5 Å². The summed E-state index contributed by atoms with van der Waals surface area (Å²) in [4.78, 5) is 11.8. The molecule has 0 aromatic rings. The van der Waals surface area contributed by atoms with Gasteiger partial charge in [0.25, 0.3) is 0 Å². The number of hydrogen-bond donors (Lipinski definition) is 0. The lowest BCUT2D eigenvalue weighted by Crippen LogP contribution is -2.68. The highest BCUT2D eigenvalue weighted by Gasteiger charge is 2.63. The van der Waals surface area contributed by atoms with E-state index in [1.54, 1.807) is 0 Å². The van der Waals surface area contributed by atoms with Crippen LogP contribution in [0.3, 0.4) is 0 Å². The minimum atomic E-state index is -2.51. The molecule has 0 aliphatic carbocycles. The maximum atomic E-state index is 11.8. The zero-order chi connectivity index (χ0) is 17.9. The molecule has 0 radical (unpaired) electrons. The molecule has 0 aromatic carbocycles. The zero-order valence-electron chi connectivity index (χ0n) is 16.0. The molecule has 3 aliphatic rings. The lowest BCUT2D eigenvalue weighted by atomic mass is 9.87. The van der Waals surface area contributed by atoms with Gasteiger partial charge in [-0.25, -0.2) is 0 Å². The highest BCUT2D eigenvalue weighted by molar-refractivity contribution is 6.73. The number of ether oxygens (including phenoxy) is 2. The molecule has 24 heavy (non-hydrogen) atoms. The number of fused-ring (bicyclic) bond motifs is 2. The average molecular weight is 357 g/mol. The fraction of sp³-hybridized carbons (Fsp3) is 0.944. The fourth-order valence-corrected chi connectivity index (χ4v) is 9.70. The number of carbonyl (C=O) groups excluding carboxylic acids is 1. The van der Waals surface area contributed by atoms with Crippen molar-refractivity contribution < 1.29 is 23.1 Å². The van der Waals surface area contributed by atoms with Crippen molar-refractivity contribution in [2.75, 3.05) is 6.61 Å². The highest BCUT2D eigenvalue weighted by atomic mass is 28.4. The summed E-state index contributed by atoms with van der Waals surface area (Å²) in [7, 11) is -2.51. The molecule has 3 fully saturated rings. The lowest BCUT2D eigenvalue weighted by Gasteiger charge is -2.57. The fourth-order valence-electron chi connectivity index (χ4n) is 4.73. The number of rotatable bonds is 0. The molecule has 5 nitrogen and oxygen atoms in total. The van der Waals surface area contributed by atoms with Crippen LogP contribution >= 0.6 is 0 Å². The molecule has 138 valence electrons. The molecule has 6 heteroatoms. The summed E-state index contributed by atoms with van der Waals surface area (Å²) in [5.41, 5.74) is 0. The summed E-state index contributed by atoms with van der Waals surface area (Å²) in [6.07, 6.45) is 0.819. The van der Waals surface area contributed by atoms with Crippen LogP contribution in [0.25, 0.3) is 0 Å². The Labute approximate surface area is 146 Å². The molecule has 0 N–H and O–H groups in total. The maximum absolute atomic E-state index is 11.8. The minimum absolute atomic E-state index is 0.0328. The van der Waals surface area contributed by atoms with Crippen molar-refractivity contribution in [3.05, 3.63) is 0 Å². The van der Waals surface area contributed by atoms with Crippen LogP contribution in [0.2, 0.25) is 10.1 Å². The molecule has 3 heterocycles. The molecule has 3 aliphatic heterocycles. The molecule has 5 atom stereocenters. The first-order valence-corrected chi connectivity index (χ1v) is 10.9. The van der Waals surface area contributed by atoms with E-state index in [0.29, 0.717) is 13.0 Å². The highest BCUT2D eigenvalue weighted by Crippen LogP contribution is 2.55. The number of carbonyl (C=O) groups is 1. The monoisotopic (exact) mass is 356 g/mol. The van der Waals surface area contributed by atoms with Gasteiger partial charge >= 0.3 is 14.5 Å². The van der Waals surface area contributed by atoms with Crippen LogP contribution < -0.4 is 0 Å². The van der Waals surface area contributed by atoms with E-state index in [4.69, 9.17) is 18.3 Å². The molecule has 3 rings (SSSR count). The predicted octanol–water partition coefficient (Wildman–Crippen LogP) is 3.55. The van der Waals surface area contributed by atoms with Crippen LogP contribution in [0.4, 0.5) is 0 Å². The quantitative estimate of drug-likeness (QED) is 0.491. The Morgan fingerprint density at radius 3 is 2.21 bits per heavy atom. The second-order valence-corrected chi connectivity index (χ2v) is 14.4. The molecule has 0 spiro atoms. The predicted molar refractivity (Wildman–Crippen MR) is 92.9 cm³/mol. The largest absolute Gasteiger partial charge is 0.459 e. The van der Waals surface area contributed by atoms with Crippen LogP contribution in [0.5, 0.6) is 0 Å². The van der Waals surface area contributed by atoms with E-state index in [-0.39, 0.29) is 46.4 Å². The summed E-state index contributed by atoms with van der Waals surface area (Å²) in [6.45, 7) is 15.9. The first-order chi connectivity index (χ1) is 10.9. The van der Waals surface area contributed by atoms with Crippen molar-refractivity contribution in [2.24, 2.45) is 5.92 Å². The maximum Gasteiger partial charge on any atom is 0.349 e. The van der Waals surface area contributed by atoms with Gasteiger partial charge < -0.3 is 18.3 Å². The summed E-state index contributed by atoms with van der Waals surface area (Å²) < 4.78 is 25.1. The molecule has 3 saturated heterocycles. The van der Waals surface area contributed by atoms with E-state index in [2.05, 4.69) is 48.5 Å². The smallest absolute Gasteiger partial charge is 0.349 e. The van der Waals surface area contributed by atoms with Gasteiger partial charge in [0, 0.05) is 16.5 Å². The summed E-state index contributed by atoms with van der Waals surface area (Å²) >= 11 is 0. The van der Waals surface area contributed by atoms with Crippen LogP contribution in [-0.2, 0) is 23.1 Å². The summed E-state index contributed by atoms with van der Waals surface area (Å²) in [5.74, 6) is 0.0689. The van der Waals surface area contributed by atoms with E-state index in [9.17, 15) is 4.79 Å². The van der Waals surface area contributed by atoms with Gasteiger partial charge in [-0.15, -0.1) is 0 Å². The van der Waals surface area contributed by atoms with Crippen molar-refractivity contribution in [1.82, 2.24) is 0 Å². The molecule has 0 amide bonds. The van der Waals surface area contributed by atoms with Crippen molar-refractivity contribution in [1.29, 1.82) is 0 Å². The van der Waals surface area contributed by atoms with Crippen molar-refractivity contribution in [2.45, 2.75) is 95.8 Å². The number of hydrogen-bond acceptors (Lipinski definition) is 5. The Bertz CT molecular complexity index is 493. The summed E-state index contributed by atoms with van der Waals surface area (Å²) in [6, 6.07) is 0. The van der Waals surface area contributed by atoms with Gasteiger partial charge in [0.1, 0.15) is 12.2 Å². The normalized spacial score (nSPS) is 39.6. The van der Waals surface area contributed by atoms with Gasteiger partial charge in [0.05, 0.1) is 25.2 Å². The lowest BCUT2D eigenvalue weighted by molar-refractivity contribution is -0.234. The van der Waals surface area contributed by atoms with Gasteiger partial charge in [-0.2, -0.15) is 0 Å². The van der Waals surface area contributed by atoms with E-state index in [1.165, 1.54) is 0 Å². The minimum Gasteiger partial charge on any atom is -0.459 e. The van der Waals surface area contributed by atoms with Crippen LogP contribution in [0.15, 0.2) is 0 Å². The average Bonchev–Trinajstić information content (AvgIpc) is 2.42. The molecule has 0 unspecified atom stereocenters. The van der Waals surface area contributed by atoms with Crippen LogP contribution in [-0.4, -0.2) is 45.6 Å². The third kappa shape index (κ3) is 2.85. The second-order valence-electron chi connectivity index (χ2n) is 9.67. The van der Waals surface area contributed by atoms with E-state index >= 15 is 0 Å². The van der Waals surface area contributed by atoms with Gasteiger partial charge in [0.2, 0.25) is 0 Å². The van der Waals surface area contributed by atoms with Gasteiger partial charge in [-0.05, 0) is 5.92 Å². The first-order valence-electron chi connectivity index (χ1n) is 9.11. The Kier molecular flexibility index (Phi) is 4.43. The Balaban J connectivity index is 1.84. The Morgan fingerprint density at radius 2 is 1.62 bits per heavy atom. The van der Waals surface area contributed by atoms with Crippen LogP contribution in [0.1, 0.15) is 61.3 Å². The van der Waals surface area contributed by atoms with E-state index in [0.717, 1.165) is 6.42 Å². The summed E-state index contributed by atoms with van der Waals surface area (Å²) in [5, 5.41) is -0.104. The molecular formula is C18H32O5Si. The SMILES string of the molecule is C[C@H]1CC(=O)O[C@H]2C[C@H]3O[Si](C(C)(C)C)(C(C)(C)C)OC[C@H]3O[C@H]21. The first kappa shape index (κ1) is 18.4. The van der Waals surface area contributed by atoms with E-state index in [1.807, 2.05) is 0 Å². The zero-order valence-corrected chi connectivity index (χ0v) is 17.0. The molecular weight excluding hydrogens is 324 g/mol. The molecule has 0 saturated carbocycles. The van der Waals surface area contributed by atoms with E-state index < -0.39 is 8.56 Å². The third-order valence-corrected chi connectivity index (χ3v) is 10.8. The third-order valence-electron chi connectivity index (χ3n) is 5.65. The van der Waals surface area contributed by atoms with Crippen molar-refractivity contribution >= 4 is 14.5 Å². The number of esters is 1. The van der Waals surface area contributed by atoms with Crippen LogP contribution in [0, 0.1) is 5.92 Å². The van der Waals surface area contributed by atoms with Gasteiger partial charge in [-0.3, -0.25) is 4.79 Å². The van der Waals surface area contributed by atoms with Gasteiger partial charge in [0.15, 0.2) is 0 Å². The molecule has 0 bridgehead atoms.